The zero-order valence-electron chi connectivity index (χ0n) is 20.3. The molecule has 0 aliphatic rings. The highest BCUT2D eigenvalue weighted by atomic mass is 19.4. The fourth-order valence-electron chi connectivity index (χ4n) is 3.71. The molecule has 3 rings (SSSR count). The van der Waals surface area contributed by atoms with E-state index in [-0.39, 0.29) is 30.7 Å². The van der Waals surface area contributed by atoms with E-state index in [1.165, 1.54) is 29.4 Å². The van der Waals surface area contributed by atoms with Crippen molar-refractivity contribution >= 4 is 17.6 Å². The van der Waals surface area contributed by atoms with Crippen molar-refractivity contribution in [1.29, 1.82) is 0 Å². The number of urea groups is 1. The van der Waals surface area contributed by atoms with Crippen LogP contribution in [-0.2, 0) is 23.9 Å². The zero-order chi connectivity index (χ0) is 26.1. The summed E-state index contributed by atoms with van der Waals surface area (Å²) < 4.78 is 45.7. The number of rotatable bonds is 10. The maximum absolute atomic E-state index is 13.4. The van der Waals surface area contributed by atoms with Crippen LogP contribution in [0.4, 0.5) is 23.7 Å². The topological polar surface area (TPSA) is 65.8 Å². The molecule has 0 aliphatic heterocycles. The van der Waals surface area contributed by atoms with E-state index in [0.717, 1.165) is 11.6 Å². The summed E-state index contributed by atoms with van der Waals surface area (Å²) in [7, 11) is 0. The third-order valence-electron chi connectivity index (χ3n) is 5.96. The number of furan rings is 1. The molecule has 9 heteroatoms. The molecular weight excluding hydrogens is 471 g/mol. The number of carbonyl (C=O) groups is 2. The lowest BCUT2D eigenvalue weighted by molar-refractivity contribution is -0.137. The SMILES string of the molecule is CCC(C)N(CC(=O)N(CCc1ccccc1)Cc1ccco1)C(=O)Nc1ccccc1C(F)(F)F. The van der Waals surface area contributed by atoms with Gasteiger partial charge in [-0.1, -0.05) is 49.4 Å². The van der Waals surface area contributed by atoms with E-state index in [4.69, 9.17) is 4.42 Å². The van der Waals surface area contributed by atoms with Crippen molar-refractivity contribution in [3.05, 3.63) is 89.9 Å². The lowest BCUT2D eigenvalue weighted by Gasteiger charge is -2.31. The number of nitrogens with one attached hydrogen (secondary N) is 1. The van der Waals surface area contributed by atoms with Gasteiger partial charge in [0.15, 0.2) is 0 Å². The Morgan fingerprint density at radius 2 is 1.69 bits per heavy atom. The summed E-state index contributed by atoms with van der Waals surface area (Å²) in [6.07, 6.45) is -1.99. The van der Waals surface area contributed by atoms with Crippen molar-refractivity contribution in [3.8, 4) is 0 Å². The highest BCUT2D eigenvalue weighted by Crippen LogP contribution is 2.34. The van der Waals surface area contributed by atoms with Crippen LogP contribution in [0, 0.1) is 0 Å². The quantitative estimate of drug-likeness (QED) is 0.360. The van der Waals surface area contributed by atoms with Crippen molar-refractivity contribution < 1.29 is 27.2 Å². The molecule has 0 bridgehead atoms. The normalized spacial score (nSPS) is 12.1. The van der Waals surface area contributed by atoms with E-state index in [0.29, 0.717) is 25.1 Å². The number of benzene rings is 2. The van der Waals surface area contributed by atoms with Crippen molar-refractivity contribution in [1.82, 2.24) is 9.80 Å². The van der Waals surface area contributed by atoms with Gasteiger partial charge in [-0.05, 0) is 49.6 Å². The number of amides is 3. The van der Waals surface area contributed by atoms with Crippen LogP contribution < -0.4 is 5.32 Å². The Bertz CT molecular complexity index is 1120. The van der Waals surface area contributed by atoms with Gasteiger partial charge in [0.2, 0.25) is 5.91 Å². The van der Waals surface area contributed by atoms with Crippen molar-refractivity contribution in [3.63, 3.8) is 0 Å². The number of nitrogens with zero attached hydrogens (tertiary/aromatic N) is 2. The molecule has 0 fully saturated rings. The van der Waals surface area contributed by atoms with Crippen LogP contribution in [0.5, 0.6) is 0 Å². The highest BCUT2D eigenvalue weighted by molar-refractivity contribution is 5.93. The van der Waals surface area contributed by atoms with E-state index < -0.39 is 17.8 Å². The summed E-state index contributed by atoms with van der Waals surface area (Å²) >= 11 is 0. The fourth-order valence-corrected chi connectivity index (χ4v) is 3.71. The van der Waals surface area contributed by atoms with Gasteiger partial charge in [0.05, 0.1) is 24.1 Å². The second-order valence-electron chi connectivity index (χ2n) is 8.49. The largest absolute Gasteiger partial charge is 0.467 e. The number of hydrogen-bond donors (Lipinski definition) is 1. The molecule has 2 aromatic carbocycles. The number of alkyl halides is 3. The first-order valence-corrected chi connectivity index (χ1v) is 11.8. The van der Waals surface area contributed by atoms with Crippen molar-refractivity contribution in [2.24, 2.45) is 0 Å². The Hall–Kier alpha value is -3.75. The van der Waals surface area contributed by atoms with E-state index in [2.05, 4.69) is 5.32 Å². The van der Waals surface area contributed by atoms with Crippen LogP contribution in [0.3, 0.4) is 0 Å². The predicted octanol–water partition coefficient (Wildman–Crippen LogP) is 6.20. The summed E-state index contributed by atoms with van der Waals surface area (Å²) in [5.74, 6) is 0.261. The van der Waals surface area contributed by atoms with Crippen molar-refractivity contribution in [2.75, 3.05) is 18.4 Å². The van der Waals surface area contributed by atoms with Gasteiger partial charge in [0, 0.05) is 12.6 Å². The molecule has 1 N–H and O–H groups in total. The molecule has 1 unspecified atom stereocenters. The Morgan fingerprint density at radius 3 is 2.33 bits per heavy atom. The summed E-state index contributed by atoms with van der Waals surface area (Å²) in [5, 5.41) is 2.36. The van der Waals surface area contributed by atoms with Gasteiger partial charge in [-0.3, -0.25) is 4.79 Å². The number of para-hydroxylation sites is 1. The molecule has 192 valence electrons. The molecule has 6 nitrogen and oxygen atoms in total. The van der Waals surface area contributed by atoms with Crippen LogP contribution in [0.2, 0.25) is 0 Å². The maximum atomic E-state index is 13.4. The standard InChI is InChI=1S/C27H30F3N3O3/c1-3-20(2)33(26(35)31-24-14-8-7-13-23(24)27(28,29)30)19-25(34)32(18-22-12-9-17-36-22)16-15-21-10-5-4-6-11-21/h4-14,17,20H,3,15-16,18-19H2,1-2H3,(H,31,35). The molecule has 0 saturated heterocycles. The Balaban J connectivity index is 1.77. The molecule has 0 spiro atoms. The average Bonchev–Trinajstić information content (AvgIpc) is 3.38. The predicted molar refractivity (Wildman–Crippen MR) is 131 cm³/mol. The van der Waals surface area contributed by atoms with Crippen molar-refractivity contribution in [2.45, 2.75) is 45.5 Å². The summed E-state index contributed by atoms with van der Waals surface area (Å²) in [4.78, 5) is 29.4. The molecule has 0 aliphatic carbocycles. The van der Waals surface area contributed by atoms with E-state index >= 15 is 0 Å². The highest BCUT2D eigenvalue weighted by Gasteiger charge is 2.34. The molecule has 0 radical (unpaired) electrons. The summed E-state index contributed by atoms with van der Waals surface area (Å²) in [6.45, 7) is 3.91. The number of carbonyl (C=O) groups excluding carboxylic acids is 2. The Labute approximate surface area is 208 Å². The van der Waals surface area contributed by atoms with Crippen LogP contribution >= 0.6 is 0 Å². The summed E-state index contributed by atoms with van der Waals surface area (Å²) in [6, 6.07) is 16.8. The smallest absolute Gasteiger partial charge is 0.418 e. The summed E-state index contributed by atoms with van der Waals surface area (Å²) in [5.41, 5.74) is -0.251. The molecule has 0 saturated carbocycles. The van der Waals surface area contributed by atoms with Gasteiger partial charge >= 0.3 is 12.2 Å². The van der Waals surface area contributed by atoms with Gasteiger partial charge in [-0.2, -0.15) is 13.2 Å². The molecule has 1 atom stereocenters. The minimum absolute atomic E-state index is 0.214. The lowest BCUT2D eigenvalue weighted by atomic mass is 10.1. The van der Waals surface area contributed by atoms with Gasteiger partial charge in [-0.15, -0.1) is 0 Å². The van der Waals surface area contributed by atoms with E-state index in [1.54, 1.807) is 24.0 Å². The fraction of sp³-hybridized carbons (Fsp3) is 0.333. The van der Waals surface area contributed by atoms with E-state index in [9.17, 15) is 22.8 Å². The van der Waals surface area contributed by atoms with Crippen LogP contribution in [0.15, 0.2) is 77.4 Å². The number of anilines is 1. The van der Waals surface area contributed by atoms with Gasteiger partial charge < -0.3 is 19.5 Å². The maximum Gasteiger partial charge on any atom is 0.418 e. The third-order valence-corrected chi connectivity index (χ3v) is 5.96. The Morgan fingerprint density at radius 1 is 1.00 bits per heavy atom. The van der Waals surface area contributed by atoms with Crippen LogP contribution in [-0.4, -0.2) is 40.9 Å². The molecule has 1 aromatic heterocycles. The third kappa shape index (κ3) is 7.37. The number of halogens is 3. The Kier molecular flexibility index (Phi) is 9.16. The second kappa shape index (κ2) is 12.3. The zero-order valence-corrected chi connectivity index (χ0v) is 20.3. The molecule has 1 heterocycles. The molecule has 3 amide bonds. The number of hydrogen-bond acceptors (Lipinski definition) is 3. The minimum atomic E-state index is -4.63. The minimum Gasteiger partial charge on any atom is -0.467 e. The first kappa shape index (κ1) is 26.8. The first-order chi connectivity index (χ1) is 17.2. The monoisotopic (exact) mass is 501 g/mol. The lowest BCUT2D eigenvalue weighted by Crippen LogP contribution is -2.48. The van der Waals surface area contributed by atoms with Crippen LogP contribution in [0.1, 0.15) is 37.2 Å². The van der Waals surface area contributed by atoms with Gasteiger partial charge in [0.1, 0.15) is 12.3 Å². The molecular formula is C27H30F3N3O3. The van der Waals surface area contributed by atoms with E-state index in [1.807, 2.05) is 37.3 Å². The molecule has 3 aromatic rings. The average molecular weight is 502 g/mol. The van der Waals surface area contributed by atoms with Crippen LogP contribution in [0.25, 0.3) is 0 Å². The van der Waals surface area contributed by atoms with Gasteiger partial charge in [-0.25, -0.2) is 4.79 Å². The van der Waals surface area contributed by atoms with Gasteiger partial charge in [0.25, 0.3) is 0 Å². The first-order valence-electron chi connectivity index (χ1n) is 11.8. The molecule has 36 heavy (non-hydrogen) atoms. The second-order valence-corrected chi connectivity index (χ2v) is 8.49.